The number of anilines is 1. The second-order valence-corrected chi connectivity index (χ2v) is 7.37. The van der Waals surface area contributed by atoms with Gasteiger partial charge in [0.1, 0.15) is 0 Å². The van der Waals surface area contributed by atoms with E-state index in [0.717, 1.165) is 0 Å². The summed E-state index contributed by atoms with van der Waals surface area (Å²) >= 11 is 5.91. The van der Waals surface area contributed by atoms with Crippen molar-refractivity contribution in [1.29, 1.82) is 0 Å². The first-order valence-electron chi connectivity index (χ1n) is 7.31. The van der Waals surface area contributed by atoms with E-state index in [9.17, 15) is 18.0 Å². The van der Waals surface area contributed by atoms with E-state index in [1.807, 2.05) is 0 Å². The fourth-order valence-corrected chi connectivity index (χ4v) is 3.53. The van der Waals surface area contributed by atoms with Gasteiger partial charge in [0, 0.05) is 5.69 Å². The van der Waals surface area contributed by atoms with Crippen molar-refractivity contribution in [3.63, 3.8) is 0 Å². The molecule has 0 aliphatic heterocycles. The number of esters is 2. The number of ether oxygens (including phenoxy) is 2. The Labute approximate surface area is 155 Å². The minimum absolute atomic E-state index is 0.0526. The van der Waals surface area contributed by atoms with Gasteiger partial charge in [-0.25, -0.2) is 18.0 Å². The fourth-order valence-electron chi connectivity index (χ4n) is 2.15. The van der Waals surface area contributed by atoms with E-state index in [0.29, 0.717) is 11.1 Å². The lowest BCUT2D eigenvalue weighted by atomic mass is 10.1. The van der Waals surface area contributed by atoms with E-state index in [2.05, 4.69) is 14.2 Å². The van der Waals surface area contributed by atoms with Crippen LogP contribution in [0.25, 0.3) is 0 Å². The number of methoxy groups -OCH3 is 2. The molecule has 0 spiro atoms. The first-order valence-corrected chi connectivity index (χ1v) is 9.34. The number of rotatable bonds is 6. The molecule has 0 aliphatic rings. The molecule has 0 bridgehead atoms. The fraction of sp³-hybridized carbons (Fsp3) is 0.176. The van der Waals surface area contributed by atoms with Crippen molar-refractivity contribution in [2.45, 2.75) is 5.75 Å². The topological polar surface area (TPSA) is 98.8 Å². The lowest BCUT2D eigenvalue weighted by molar-refractivity contribution is 0.0592. The number of benzene rings is 2. The molecule has 26 heavy (non-hydrogen) atoms. The van der Waals surface area contributed by atoms with E-state index < -0.39 is 22.0 Å². The number of hydrogen-bond acceptors (Lipinski definition) is 6. The number of carbonyl (C=O) groups is 2. The highest BCUT2D eigenvalue weighted by atomic mass is 35.5. The van der Waals surface area contributed by atoms with Gasteiger partial charge in [-0.3, -0.25) is 4.72 Å². The van der Waals surface area contributed by atoms with E-state index in [-0.39, 0.29) is 22.0 Å². The Kier molecular flexibility index (Phi) is 6.23. The van der Waals surface area contributed by atoms with Gasteiger partial charge in [0.2, 0.25) is 10.0 Å². The van der Waals surface area contributed by atoms with Gasteiger partial charge in [-0.05, 0) is 35.9 Å². The third kappa shape index (κ3) is 4.96. The SMILES string of the molecule is COC(=O)c1ccc(CS(=O)(=O)Nc2ccc(Cl)c(C(=O)OC)c2)cc1. The summed E-state index contributed by atoms with van der Waals surface area (Å²) in [6.45, 7) is 0. The maximum atomic E-state index is 12.3. The number of sulfonamides is 1. The van der Waals surface area contributed by atoms with Gasteiger partial charge >= 0.3 is 11.9 Å². The van der Waals surface area contributed by atoms with Gasteiger partial charge in [0.05, 0.1) is 36.1 Å². The van der Waals surface area contributed by atoms with E-state index in [1.165, 1.54) is 56.7 Å². The standard InChI is InChI=1S/C17H16ClNO6S/c1-24-16(20)12-5-3-11(4-6-12)10-26(22,23)19-13-7-8-15(18)14(9-13)17(21)25-2/h3-9,19H,10H2,1-2H3. The molecule has 0 atom stereocenters. The third-order valence-corrected chi connectivity index (χ3v) is 4.97. The number of nitrogens with one attached hydrogen (secondary N) is 1. The molecule has 0 saturated heterocycles. The monoisotopic (exact) mass is 397 g/mol. The zero-order valence-electron chi connectivity index (χ0n) is 14.0. The molecule has 2 aromatic rings. The first kappa shape index (κ1) is 19.7. The van der Waals surface area contributed by atoms with Crippen molar-refractivity contribution < 1.29 is 27.5 Å². The molecule has 0 aliphatic carbocycles. The molecule has 0 unspecified atom stereocenters. The summed E-state index contributed by atoms with van der Waals surface area (Å²) in [7, 11) is -1.28. The molecule has 2 rings (SSSR count). The minimum Gasteiger partial charge on any atom is -0.465 e. The van der Waals surface area contributed by atoms with Crippen LogP contribution < -0.4 is 4.72 Å². The molecule has 0 radical (unpaired) electrons. The van der Waals surface area contributed by atoms with Gasteiger partial charge in [-0.2, -0.15) is 0 Å². The average Bonchev–Trinajstić information content (AvgIpc) is 2.62. The highest BCUT2D eigenvalue weighted by Crippen LogP contribution is 2.22. The van der Waals surface area contributed by atoms with Crippen LogP contribution in [-0.4, -0.2) is 34.6 Å². The molecule has 0 amide bonds. The first-order chi connectivity index (χ1) is 12.3. The van der Waals surface area contributed by atoms with Crippen molar-refractivity contribution in [1.82, 2.24) is 0 Å². The Morgan fingerprint density at radius 1 is 1.00 bits per heavy atom. The van der Waals surface area contributed by atoms with Crippen LogP contribution in [0.15, 0.2) is 42.5 Å². The van der Waals surface area contributed by atoms with Crippen LogP contribution in [0.2, 0.25) is 5.02 Å². The molecule has 9 heteroatoms. The Morgan fingerprint density at radius 3 is 2.19 bits per heavy atom. The van der Waals surface area contributed by atoms with Crippen molar-refractivity contribution >= 4 is 39.3 Å². The smallest absolute Gasteiger partial charge is 0.339 e. The summed E-state index contributed by atoms with van der Waals surface area (Å²) in [6.07, 6.45) is 0. The Hall–Kier alpha value is -2.58. The summed E-state index contributed by atoms with van der Waals surface area (Å²) in [5.74, 6) is -1.49. The van der Waals surface area contributed by atoms with Crippen molar-refractivity contribution in [2.24, 2.45) is 0 Å². The van der Waals surface area contributed by atoms with Gasteiger partial charge in [-0.15, -0.1) is 0 Å². The maximum absolute atomic E-state index is 12.3. The number of hydrogen-bond donors (Lipinski definition) is 1. The molecular formula is C17H16ClNO6S. The molecule has 0 heterocycles. The highest BCUT2D eigenvalue weighted by Gasteiger charge is 2.16. The zero-order chi connectivity index (χ0) is 19.3. The molecule has 0 aromatic heterocycles. The summed E-state index contributed by atoms with van der Waals surface area (Å²) in [6, 6.07) is 10.1. The largest absolute Gasteiger partial charge is 0.465 e. The van der Waals surface area contributed by atoms with Crippen LogP contribution in [0.5, 0.6) is 0 Å². The van der Waals surface area contributed by atoms with E-state index in [1.54, 1.807) is 0 Å². The molecule has 0 saturated carbocycles. The van der Waals surface area contributed by atoms with Crippen molar-refractivity contribution in [3.8, 4) is 0 Å². The van der Waals surface area contributed by atoms with Gasteiger partial charge in [-0.1, -0.05) is 23.7 Å². The van der Waals surface area contributed by atoms with Gasteiger partial charge in [0.25, 0.3) is 0 Å². The van der Waals surface area contributed by atoms with Crippen LogP contribution in [0.3, 0.4) is 0 Å². The zero-order valence-corrected chi connectivity index (χ0v) is 15.6. The quantitative estimate of drug-likeness (QED) is 0.752. The summed E-state index contributed by atoms with van der Waals surface area (Å²) < 4.78 is 36.2. The molecule has 1 N–H and O–H groups in total. The number of halogens is 1. The van der Waals surface area contributed by atoms with Gasteiger partial charge in [0.15, 0.2) is 0 Å². The minimum atomic E-state index is -3.75. The second kappa shape index (κ2) is 8.20. The van der Waals surface area contributed by atoms with Crippen LogP contribution >= 0.6 is 11.6 Å². The molecule has 0 fully saturated rings. The molecular weight excluding hydrogens is 382 g/mol. The lowest BCUT2D eigenvalue weighted by Crippen LogP contribution is -2.16. The Morgan fingerprint density at radius 2 is 1.62 bits per heavy atom. The van der Waals surface area contributed by atoms with Gasteiger partial charge < -0.3 is 9.47 Å². The van der Waals surface area contributed by atoms with Crippen LogP contribution in [0.1, 0.15) is 26.3 Å². The maximum Gasteiger partial charge on any atom is 0.339 e. The Balaban J connectivity index is 2.16. The van der Waals surface area contributed by atoms with E-state index in [4.69, 9.17) is 11.6 Å². The predicted octanol–water partition coefficient (Wildman–Crippen LogP) is 2.86. The van der Waals surface area contributed by atoms with Crippen molar-refractivity contribution in [2.75, 3.05) is 18.9 Å². The average molecular weight is 398 g/mol. The van der Waals surface area contributed by atoms with Crippen LogP contribution in [-0.2, 0) is 25.2 Å². The predicted molar refractivity (Wildman–Crippen MR) is 96.8 cm³/mol. The second-order valence-electron chi connectivity index (χ2n) is 5.24. The summed E-state index contributed by atoms with van der Waals surface area (Å²) in [4.78, 5) is 23.0. The normalized spacial score (nSPS) is 10.9. The van der Waals surface area contributed by atoms with Crippen LogP contribution in [0, 0.1) is 0 Å². The third-order valence-electron chi connectivity index (χ3n) is 3.38. The molecule has 138 valence electrons. The molecule has 7 nitrogen and oxygen atoms in total. The Bertz CT molecular complexity index is 925. The van der Waals surface area contributed by atoms with E-state index >= 15 is 0 Å². The number of carbonyl (C=O) groups excluding carboxylic acids is 2. The summed E-state index contributed by atoms with van der Waals surface area (Å²) in [5, 5.41) is 0.151. The van der Waals surface area contributed by atoms with Crippen LogP contribution in [0.4, 0.5) is 5.69 Å². The highest BCUT2D eigenvalue weighted by molar-refractivity contribution is 7.91. The lowest BCUT2D eigenvalue weighted by Gasteiger charge is -2.10. The van der Waals surface area contributed by atoms with Crippen molar-refractivity contribution in [3.05, 3.63) is 64.2 Å². The summed E-state index contributed by atoms with van der Waals surface area (Å²) in [5.41, 5.74) is 1.03. The molecule has 2 aromatic carbocycles.